The smallest absolute Gasteiger partial charge is 0.328 e. The Kier molecular flexibility index (Phi) is 15.6. The molecular formula is C36H38N4O10. The molecular weight excluding hydrogens is 648 g/mol. The Morgan fingerprint density at radius 2 is 1.26 bits per heavy atom. The van der Waals surface area contributed by atoms with Crippen LogP contribution in [-0.4, -0.2) is 102 Å². The normalized spacial score (nSPS) is 13.5. The number of Topliss-reactive ketones (excluding diaryl/α,β-unsaturated/α-hetero) is 1. The van der Waals surface area contributed by atoms with Gasteiger partial charge in [-0.15, -0.1) is 0 Å². The molecule has 4 N–H and O–H groups in total. The van der Waals surface area contributed by atoms with Crippen LogP contribution in [-0.2, 0) is 32.3 Å². The number of aryl methyl sites for hydroxylation is 1. The van der Waals surface area contributed by atoms with E-state index in [2.05, 4.69) is 56.9 Å². The number of rotatable bonds is 13. The summed E-state index contributed by atoms with van der Waals surface area (Å²) in [6, 6.07) is 22.1. The zero-order valence-corrected chi connectivity index (χ0v) is 27.1. The summed E-state index contributed by atoms with van der Waals surface area (Å²) in [6.07, 6.45) is 8.61. The molecule has 4 aromatic rings. The predicted molar refractivity (Wildman–Crippen MR) is 183 cm³/mol. The molecule has 50 heavy (non-hydrogen) atoms. The van der Waals surface area contributed by atoms with E-state index in [-0.39, 0.29) is 5.78 Å². The van der Waals surface area contributed by atoms with Crippen LogP contribution in [0.4, 0.5) is 0 Å². The summed E-state index contributed by atoms with van der Waals surface area (Å²) >= 11 is 0. The van der Waals surface area contributed by atoms with Gasteiger partial charge in [-0.2, -0.15) is 0 Å². The van der Waals surface area contributed by atoms with Gasteiger partial charge in [0, 0.05) is 70.0 Å². The van der Waals surface area contributed by atoms with Gasteiger partial charge in [-0.05, 0) is 29.8 Å². The maximum absolute atomic E-state index is 12.5. The van der Waals surface area contributed by atoms with Crippen molar-refractivity contribution in [2.45, 2.75) is 19.5 Å². The number of carbonyl (C=O) groups excluding carboxylic acids is 1. The molecule has 1 fully saturated rings. The van der Waals surface area contributed by atoms with Gasteiger partial charge in [0.2, 0.25) is 0 Å². The summed E-state index contributed by atoms with van der Waals surface area (Å²) in [4.78, 5) is 60.6. The number of nitrogens with zero attached hydrogens (tertiary/aromatic N) is 4. The average molecular weight is 687 g/mol. The summed E-state index contributed by atoms with van der Waals surface area (Å²) in [5.74, 6) is -3.57. The fourth-order valence-corrected chi connectivity index (χ4v) is 4.79. The van der Waals surface area contributed by atoms with Crippen molar-refractivity contribution < 1.29 is 48.8 Å². The standard InChI is InChI=1S/C28H30N4O2.2C4H4O4/c33-26(27-13-7-21-34-27)14-16-32-25-12-5-4-11-24(25)29-28(32)22-31-19-17-30(18-20-31)15-6-10-23-8-2-1-3-9-23;2*5-3(6)1-2-4(7)8/h1-13,21H,14-20,22H2;2*1-2H,(H,5,6)(H,7,8)/b;2*2-1-. The maximum atomic E-state index is 12.5. The van der Waals surface area contributed by atoms with Crippen LogP contribution in [0, 0.1) is 0 Å². The Morgan fingerprint density at radius 3 is 1.82 bits per heavy atom. The van der Waals surface area contributed by atoms with Crippen LogP contribution >= 0.6 is 0 Å². The van der Waals surface area contributed by atoms with E-state index in [1.165, 1.54) is 5.56 Å². The van der Waals surface area contributed by atoms with E-state index in [1.807, 2.05) is 24.3 Å². The van der Waals surface area contributed by atoms with Crippen LogP contribution in [0.2, 0.25) is 0 Å². The van der Waals surface area contributed by atoms with Crippen molar-refractivity contribution >= 4 is 46.8 Å². The topological polar surface area (TPSA) is 204 Å². The Hall–Kier alpha value is -6.12. The number of furan rings is 1. The van der Waals surface area contributed by atoms with Gasteiger partial charge in [-0.25, -0.2) is 24.2 Å². The first-order chi connectivity index (χ1) is 24.0. The molecule has 5 rings (SSSR count). The van der Waals surface area contributed by atoms with Gasteiger partial charge < -0.3 is 29.4 Å². The van der Waals surface area contributed by atoms with Crippen LogP contribution < -0.4 is 0 Å². The van der Waals surface area contributed by atoms with Crippen LogP contribution in [0.25, 0.3) is 17.1 Å². The third kappa shape index (κ3) is 13.9. The first-order valence-corrected chi connectivity index (χ1v) is 15.5. The van der Waals surface area contributed by atoms with E-state index in [0.717, 1.165) is 56.1 Å². The van der Waals surface area contributed by atoms with Crippen molar-refractivity contribution in [2.75, 3.05) is 32.7 Å². The van der Waals surface area contributed by atoms with E-state index >= 15 is 0 Å². The number of para-hydroxylation sites is 2. The van der Waals surface area contributed by atoms with Crippen molar-refractivity contribution in [3.8, 4) is 0 Å². The second-order valence-electron chi connectivity index (χ2n) is 10.7. The molecule has 0 unspecified atom stereocenters. The zero-order valence-electron chi connectivity index (χ0n) is 27.1. The van der Waals surface area contributed by atoms with E-state index < -0.39 is 23.9 Å². The summed E-state index contributed by atoms with van der Waals surface area (Å²) in [5, 5.41) is 31.2. The fraction of sp³-hybridized carbons (Fsp3) is 0.222. The minimum atomic E-state index is -1.26. The number of carboxylic acid groups (broad SMARTS) is 4. The first-order valence-electron chi connectivity index (χ1n) is 15.5. The highest BCUT2D eigenvalue weighted by Crippen LogP contribution is 2.19. The molecule has 0 spiro atoms. The van der Waals surface area contributed by atoms with E-state index in [9.17, 15) is 24.0 Å². The van der Waals surface area contributed by atoms with Crippen molar-refractivity contribution in [1.82, 2.24) is 19.4 Å². The molecule has 14 nitrogen and oxygen atoms in total. The molecule has 262 valence electrons. The minimum Gasteiger partial charge on any atom is -0.478 e. The zero-order chi connectivity index (χ0) is 36.3. The van der Waals surface area contributed by atoms with Crippen LogP contribution in [0.3, 0.4) is 0 Å². The molecule has 1 aliphatic heterocycles. The third-order valence-corrected chi connectivity index (χ3v) is 7.13. The number of carbonyl (C=O) groups is 5. The lowest BCUT2D eigenvalue weighted by Crippen LogP contribution is -2.46. The lowest BCUT2D eigenvalue weighted by atomic mass is 10.2. The van der Waals surface area contributed by atoms with Crippen molar-refractivity contribution in [1.29, 1.82) is 0 Å². The Bertz CT molecular complexity index is 1740. The summed E-state index contributed by atoms with van der Waals surface area (Å²) in [5.41, 5.74) is 3.30. The van der Waals surface area contributed by atoms with Gasteiger partial charge in [0.25, 0.3) is 0 Å². The van der Waals surface area contributed by atoms with Gasteiger partial charge in [0.05, 0.1) is 23.8 Å². The number of piperazine rings is 1. The largest absolute Gasteiger partial charge is 0.478 e. The highest BCUT2D eigenvalue weighted by molar-refractivity contribution is 5.93. The molecule has 0 saturated carbocycles. The van der Waals surface area contributed by atoms with Gasteiger partial charge >= 0.3 is 23.9 Å². The fourth-order valence-electron chi connectivity index (χ4n) is 4.79. The molecule has 1 aliphatic rings. The van der Waals surface area contributed by atoms with Crippen molar-refractivity contribution in [3.63, 3.8) is 0 Å². The number of carboxylic acids is 4. The molecule has 2 aromatic heterocycles. The molecule has 3 heterocycles. The second-order valence-corrected chi connectivity index (χ2v) is 10.7. The van der Waals surface area contributed by atoms with E-state index in [0.29, 0.717) is 43.0 Å². The lowest BCUT2D eigenvalue weighted by molar-refractivity contribution is -0.134. The molecule has 2 aromatic carbocycles. The number of hydrogen-bond acceptors (Lipinski definition) is 9. The minimum absolute atomic E-state index is 0.0194. The summed E-state index contributed by atoms with van der Waals surface area (Å²) in [7, 11) is 0. The SMILES string of the molecule is O=C(CCn1c(CN2CCN(CC=Cc3ccccc3)CC2)nc2ccccc21)c1ccco1.O=C(O)/C=C\C(=O)O.O=C(O)/C=C\C(=O)O. The summed E-state index contributed by atoms with van der Waals surface area (Å²) < 4.78 is 7.47. The number of fused-ring (bicyclic) bond motifs is 1. The highest BCUT2D eigenvalue weighted by Gasteiger charge is 2.20. The summed E-state index contributed by atoms with van der Waals surface area (Å²) in [6.45, 7) is 6.45. The third-order valence-electron chi connectivity index (χ3n) is 7.13. The molecule has 0 aliphatic carbocycles. The van der Waals surface area contributed by atoms with Crippen LogP contribution in [0.5, 0.6) is 0 Å². The van der Waals surface area contributed by atoms with Crippen molar-refractivity contribution in [3.05, 3.63) is 121 Å². The Balaban J connectivity index is 0.000000352. The first kappa shape index (κ1) is 38.3. The van der Waals surface area contributed by atoms with Gasteiger partial charge in [0.15, 0.2) is 11.5 Å². The molecule has 0 radical (unpaired) electrons. The Morgan fingerprint density at radius 1 is 0.700 bits per heavy atom. The molecule has 0 amide bonds. The number of aromatic nitrogens is 2. The Labute approximate surface area is 287 Å². The van der Waals surface area contributed by atoms with Gasteiger partial charge in [0.1, 0.15) is 5.82 Å². The van der Waals surface area contributed by atoms with Gasteiger partial charge in [-0.1, -0.05) is 54.6 Å². The highest BCUT2D eigenvalue weighted by atomic mass is 16.4. The number of benzene rings is 2. The lowest BCUT2D eigenvalue weighted by Gasteiger charge is -2.34. The second kappa shape index (κ2) is 20.3. The van der Waals surface area contributed by atoms with Crippen molar-refractivity contribution in [2.24, 2.45) is 0 Å². The molecule has 14 heteroatoms. The average Bonchev–Trinajstić information content (AvgIpc) is 3.76. The molecule has 0 bridgehead atoms. The number of aliphatic carboxylic acids is 4. The van der Waals surface area contributed by atoms with Crippen LogP contribution in [0.1, 0.15) is 28.4 Å². The van der Waals surface area contributed by atoms with Gasteiger partial charge in [-0.3, -0.25) is 14.6 Å². The predicted octanol–water partition coefficient (Wildman–Crippen LogP) is 4.16. The molecule has 1 saturated heterocycles. The van der Waals surface area contributed by atoms with E-state index in [4.69, 9.17) is 29.8 Å². The quantitative estimate of drug-likeness (QED) is 0.115. The number of ketones is 1. The molecule has 0 atom stereocenters. The number of imidazole rings is 1. The maximum Gasteiger partial charge on any atom is 0.328 e. The monoisotopic (exact) mass is 686 g/mol. The van der Waals surface area contributed by atoms with E-state index in [1.54, 1.807) is 18.4 Å². The number of hydrogen-bond donors (Lipinski definition) is 4. The van der Waals surface area contributed by atoms with Crippen LogP contribution in [0.15, 0.2) is 108 Å².